The van der Waals surface area contributed by atoms with Crippen molar-refractivity contribution in [2.24, 2.45) is 11.8 Å². The molecule has 0 bridgehead atoms. The summed E-state index contributed by atoms with van der Waals surface area (Å²) >= 11 is 0. The molecule has 162 valence electrons. The van der Waals surface area contributed by atoms with Crippen LogP contribution < -0.4 is 10.1 Å². The molecule has 5 nitrogen and oxygen atoms in total. The highest BCUT2D eigenvalue weighted by molar-refractivity contribution is 6.01. The Kier molecular flexibility index (Phi) is 5.12. The standard InChI is InChI=1S/C26H30N2O3/c1-16-12-14-28(15-13-16)26(30)21-10-4-8-19-17-6-3-7-18(17)23(27-24(19)21)20-9-5-11-22(31-2)25(20)29/h3-6,8-11,16-18,23,27,29H,7,12-15H2,1-2H3. The van der Waals surface area contributed by atoms with Crippen molar-refractivity contribution in [3.05, 3.63) is 65.2 Å². The van der Waals surface area contributed by atoms with Crippen molar-refractivity contribution < 1.29 is 14.6 Å². The molecule has 2 aromatic rings. The lowest BCUT2D eigenvalue weighted by atomic mass is 9.76. The van der Waals surface area contributed by atoms with E-state index in [4.69, 9.17) is 4.74 Å². The molecule has 3 atom stereocenters. The Bertz CT molecular complexity index is 1020. The van der Waals surface area contributed by atoms with Gasteiger partial charge in [-0.3, -0.25) is 4.79 Å². The molecule has 3 aliphatic rings. The summed E-state index contributed by atoms with van der Waals surface area (Å²) in [5.74, 6) is 1.93. The highest BCUT2D eigenvalue weighted by Crippen LogP contribution is 2.52. The van der Waals surface area contributed by atoms with Gasteiger partial charge in [-0.05, 0) is 48.8 Å². The number of anilines is 1. The monoisotopic (exact) mass is 418 g/mol. The molecule has 5 heteroatoms. The predicted molar refractivity (Wildman–Crippen MR) is 122 cm³/mol. The van der Waals surface area contributed by atoms with E-state index in [0.29, 0.717) is 11.7 Å². The fraction of sp³-hybridized carbons (Fsp3) is 0.423. The first-order valence-corrected chi connectivity index (χ1v) is 11.3. The summed E-state index contributed by atoms with van der Waals surface area (Å²) in [4.78, 5) is 15.5. The first-order valence-electron chi connectivity index (χ1n) is 11.3. The number of hydrogen-bond acceptors (Lipinski definition) is 4. The molecule has 31 heavy (non-hydrogen) atoms. The van der Waals surface area contributed by atoms with Gasteiger partial charge in [0.1, 0.15) is 0 Å². The molecule has 0 saturated carbocycles. The molecule has 1 saturated heterocycles. The maximum absolute atomic E-state index is 13.5. The van der Waals surface area contributed by atoms with Crippen LogP contribution in [0.5, 0.6) is 11.5 Å². The number of methoxy groups -OCH3 is 1. The number of amides is 1. The average Bonchev–Trinajstić information content (AvgIpc) is 3.29. The van der Waals surface area contributed by atoms with Crippen LogP contribution in [-0.4, -0.2) is 36.1 Å². The van der Waals surface area contributed by atoms with Crippen molar-refractivity contribution in [2.75, 3.05) is 25.5 Å². The molecule has 5 rings (SSSR count). The van der Waals surface area contributed by atoms with Gasteiger partial charge in [-0.1, -0.05) is 43.3 Å². The molecule has 2 aliphatic heterocycles. The Balaban J connectivity index is 1.55. The number of aromatic hydroxyl groups is 1. The lowest BCUT2D eigenvalue weighted by Crippen LogP contribution is -2.39. The lowest BCUT2D eigenvalue weighted by Gasteiger charge is -2.39. The van der Waals surface area contributed by atoms with Crippen LogP contribution in [0.4, 0.5) is 5.69 Å². The largest absolute Gasteiger partial charge is 0.504 e. The second-order valence-corrected chi connectivity index (χ2v) is 9.12. The van der Waals surface area contributed by atoms with E-state index in [1.807, 2.05) is 29.2 Å². The molecule has 2 N–H and O–H groups in total. The summed E-state index contributed by atoms with van der Waals surface area (Å²) < 4.78 is 5.35. The van der Waals surface area contributed by atoms with Gasteiger partial charge in [-0.15, -0.1) is 0 Å². The number of nitrogens with zero attached hydrogens (tertiary/aromatic N) is 1. The summed E-state index contributed by atoms with van der Waals surface area (Å²) in [6.45, 7) is 3.89. The molecule has 0 spiro atoms. The number of fused-ring (bicyclic) bond motifs is 3. The Morgan fingerprint density at radius 2 is 1.87 bits per heavy atom. The van der Waals surface area contributed by atoms with Gasteiger partial charge in [-0.25, -0.2) is 0 Å². The van der Waals surface area contributed by atoms with Gasteiger partial charge < -0.3 is 20.1 Å². The quantitative estimate of drug-likeness (QED) is 0.681. The number of carbonyl (C=O) groups is 1. The summed E-state index contributed by atoms with van der Waals surface area (Å²) in [5.41, 5.74) is 3.63. The van der Waals surface area contributed by atoms with E-state index in [2.05, 4.69) is 30.5 Å². The molecule has 1 aliphatic carbocycles. The second-order valence-electron chi connectivity index (χ2n) is 9.12. The number of ether oxygens (including phenoxy) is 1. The highest BCUT2D eigenvalue weighted by atomic mass is 16.5. The van der Waals surface area contributed by atoms with E-state index in [9.17, 15) is 9.90 Å². The van der Waals surface area contributed by atoms with Crippen LogP contribution in [0.25, 0.3) is 0 Å². The van der Waals surface area contributed by atoms with Crippen molar-refractivity contribution in [3.8, 4) is 11.5 Å². The van der Waals surface area contributed by atoms with E-state index in [1.54, 1.807) is 13.2 Å². The van der Waals surface area contributed by atoms with Crippen LogP contribution in [0.2, 0.25) is 0 Å². The number of benzene rings is 2. The minimum atomic E-state index is -0.0991. The van der Waals surface area contributed by atoms with Gasteiger partial charge in [-0.2, -0.15) is 0 Å². The minimum Gasteiger partial charge on any atom is -0.504 e. The van der Waals surface area contributed by atoms with Crippen molar-refractivity contribution in [3.63, 3.8) is 0 Å². The Morgan fingerprint density at radius 1 is 1.13 bits per heavy atom. The topological polar surface area (TPSA) is 61.8 Å². The van der Waals surface area contributed by atoms with Crippen LogP contribution in [0.15, 0.2) is 48.6 Å². The van der Waals surface area contributed by atoms with Crippen molar-refractivity contribution >= 4 is 11.6 Å². The molecule has 1 amide bonds. The molecule has 0 aromatic heterocycles. The number of hydrogen-bond donors (Lipinski definition) is 2. The molecular weight excluding hydrogens is 388 g/mol. The van der Waals surface area contributed by atoms with Gasteiger partial charge >= 0.3 is 0 Å². The summed E-state index contributed by atoms with van der Waals surface area (Å²) in [5, 5.41) is 14.5. The van der Waals surface area contributed by atoms with Crippen molar-refractivity contribution in [1.29, 1.82) is 0 Å². The van der Waals surface area contributed by atoms with Crippen molar-refractivity contribution in [2.45, 2.75) is 38.1 Å². The number of allylic oxidation sites excluding steroid dienone is 2. The van der Waals surface area contributed by atoms with Crippen LogP contribution in [0, 0.1) is 11.8 Å². The minimum absolute atomic E-state index is 0.0991. The SMILES string of the molecule is COc1cccc(C2Nc3c(C(=O)N4CCC(C)CC4)cccc3C3C=CCC32)c1O. The van der Waals surface area contributed by atoms with Crippen LogP contribution >= 0.6 is 0 Å². The number of likely N-dealkylation sites (tertiary alicyclic amines) is 1. The molecule has 2 heterocycles. The zero-order chi connectivity index (χ0) is 21.5. The van der Waals surface area contributed by atoms with E-state index >= 15 is 0 Å². The molecule has 1 fully saturated rings. The zero-order valence-corrected chi connectivity index (χ0v) is 18.2. The second kappa shape index (κ2) is 7.95. The summed E-state index contributed by atoms with van der Waals surface area (Å²) in [6, 6.07) is 11.6. The number of piperidine rings is 1. The lowest BCUT2D eigenvalue weighted by molar-refractivity contribution is 0.0698. The third-order valence-corrected chi connectivity index (χ3v) is 7.28. The third-order valence-electron chi connectivity index (χ3n) is 7.28. The number of carbonyl (C=O) groups excluding carboxylic acids is 1. The fourth-order valence-electron chi connectivity index (χ4n) is 5.44. The van der Waals surface area contributed by atoms with Gasteiger partial charge in [0.25, 0.3) is 5.91 Å². The third kappa shape index (κ3) is 3.36. The highest BCUT2D eigenvalue weighted by Gasteiger charge is 2.41. The molecule has 0 radical (unpaired) electrons. The van der Waals surface area contributed by atoms with E-state index in [-0.39, 0.29) is 29.5 Å². The number of phenolic OH excluding ortho intramolecular Hbond substituents is 1. The van der Waals surface area contributed by atoms with Gasteiger partial charge in [0.2, 0.25) is 0 Å². The maximum Gasteiger partial charge on any atom is 0.255 e. The Labute approximate surface area is 183 Å². The summed E-state index contributed by atoms with van der Waals surface area (Å²) in [6.07, 6.45) is 7.52. The number of phenols is 1. The predicted octanol–water partition coefficient (Wildman–Crippen LogP) is 5.10. The van der Waals surface area contributed by atoms with Crippen LogP contribution in [0.3, 0.4) is 0 Å². The molecule has 3 unspecified atom stereocenters. The first-order chi connectivity index (χ1) is 15.1. The van der Waals surface area contributed by atoms with Gasteiger partial charge in [0.15, 0.2) is 11.5 Å². The Hall–Kier alpha value is -2.95. The smallest absolute Gasteiger partial charge is 0.255 e. The maximum atomic E-state index is 13.5. The Morgan fingerprint density at radius 3 is 2.65 bits per heavy atom. The van der Waals surface area contributed by atoms with E-state index < -0.39 is 0 Å². The number of para-hydroxylation sites is 2. The summed E-state index contributed by atoms with van der Waals surface area (Å²) in [7, 11) is 1.57. The fourth-order valence-corrected chi connectivity index (χ4v) is 5.44. The molecule has 2 aromatic carbocycles. The van der Waals surface area contributed by atoms with Crippen LogP contribution in [-0.2, 0) is 0 Å². The van der Waals surface area contributed by atoms with E-state index in [1.165, 1.54) is 5.56 Å². The number of nitrogens with one attached hydrogen (secondary N) is 1. The van der Waals surface area contributed by atoms with E-state index in [0.717, 1.165) is 49.2 Å². The molecular formula is C26H30N2O3. The van der Waals surface area contributed by atoms with Crippen LogP contribution in [0.1, 0.15) is 59.6 Å². The van der Waals surface area contributed by atoms with Gasteiger partial charge in [0.05, 0.1) is 24.4 Å². The first kappa shape index (κ1) is 20.0. The number of rotatable bonds is 3. The van der Waals surface area contributed by atoms with Gasteiger partial charge in [0, 0.05) is 24.6 Å². The van der Waals surface area contributed by atoms with Crippen molar-refractivity contribution in [1.82, 2.24) is 4.90 Å². The average molecular weight is 419 g/mol. The zero-order valence-electron chi connectivity index (χ0n) is 18.2. The normalized spacial score (nSPS) is 25.0.